The van der Waals surface area contributed by atoms with Crippen molar-refractivity contribution in [1.82, 2.24) is 0 Å². The average Bonchev–Trinajstić information content (AvgIpc) is 3.25. The first kappa shape index (κ1) is 56.2. The molecule has 0 aromatic carbocycles. The lowest BCUT2D eigenvalue weighted by Crippen LogP contribution is -2.59. The fourth-order valence-electron chi connectivity index (χ4n) is 7.43. The van der Waals surface area contributed by atoms with E-state index in [0.717, 1.165) is 70.6 Å². The van der Waals surface area contributed by atoms with Gasteiger partial charge in [-0.15, -0.1) is 0 Å². The van der Waals surface area contributed by atoms with Gasteiger partial charge >= 0.3 is 5.97 Å². The molecule has 0 spiro atoms. The molecule has 0 saturated carbocycles. The minimum absolute atomic E-state index is 0.118. The smallest absolute Gasteiger partial charge is 0.306 e. The SMILES string of the molecule is CC/C=C\C/C=C\C/C=C\C/C=C\CCCCCCCCC(=O)OC(COCCCCCCCCCCCCCCCCCCCC)COC1OC(CO)C(O)C(O)C1O. The first-order valence-electron chi connectivity index (χ1n) is 24.7. The molecule has 0 aromatic rings. The maximum absolute atomic E-state index is 12.8. The van der Waals surface area contributed by atoms with E-state index in [4.69, 9.17) is 18.9 Å². The van der Waals surface area contributed by atoms with Crippen molar-refractivity contribution in [3.05, 3.63) is 48.6 Å². The van der Waals surface area contributed by atoms with Crippen LogP contribution in [-0.2, 0) is 23.7 Å². The number of rotatable bonds is 42. The molecule has 1 rings (SSSR count). The molecule has 350 valence electrons. The molecule has 6 atom stereocenters. The molecule has 0 bridgehead atoms. The zero-order chi connectivity index (χ0) is 43.6. The van der Waals surface area contributed by atoms with Gasteiger partial charge in [0.05, 0.1) is 19.8 Å². The third-order valence-corrected chi connectivity index (χ3v) is 11.3. The second-order valence-corrected chi connectivity index (χ2v) is 16.9. The summed E-state index contributed by atoms with van der Waals surface area (Å²) in [5.41, 5.74) is 0. The van der Waals surface area contributed by atoms with Gasteiger partial charge in [-0.2, -0.15) is 0 Å². The number of carbonyl (C=O) groups is 1. The molecule has 9 heteroatoms. The summed E-state index contributed by atoms with van der Waals surface area (Å²) in [4.78, 5) is 12.8. The molecule has 0 aliphatic carbocycles. The van der Waals surface area contributed by atoms with Crippen molar-refractivity contribution in [2.24, 2.45) is 0 Å². The molecule has 1 fully saturated rings. The van der Waals surface area contributed by atoms with Gasteiger partial charge in [0.25, 0.3) is 0 Å². The minimum Gasteiger partial charge on any atom is -0.457 e. The van der Waals surface area contributed by atoms with E-state index in [2.05, 4.69) is 62.5 Å². The molecule has 1 saturated heterocycles. The summed E-state index contributed by atoms with van der Waals surface area (Å²) in [5.74, 6) is -0.325. The molecule has 0 radical (unpaired) electrons. The lowest BCUT2D eigenvalue weighted by Gasteiger charge is -2.39. The lowest BCUT2D eigenvalue weighted by atomic mass is 9.99. The molecule has 1 heterocycles. The maximum atomic E-state index is 12.8. The lowest BCUT2D eigenvalue weighted by molar-refractivity contribution is -0.305. The van der Waals surface area contributed by atoms with Gasteiger partial charge in [-0.05, 0) is 51.4 Å². The van der Waals surface area contributed by atoms with Gasteiger partial charge in [-0.25, -0.2) is 0 Å². The largest absolute Gasteiger partial charge is 0.457 e. The third kappa shape index (κ3) is 32.8. The second-order valence-electron chi connectivity index (χ2n) is 16.9. The van der Waals surface area contributed by atoms with Crippen molar-refractivity contribution in [3.63, 3.8) is 0 Å². The second kappa shape index (κ2) is 42.5. The normalized spacial score (nSPS) is 20.4. The summed E-state index contributed by atoms with van der Waals surface area (Å²) in [7, 11) is 0. The van der Waals surface area contributed by atoms with E-state index < -0.39 is 43.4 Å². The van der Waals surface area contributed by atoms with Crippen LogP contribution in [0.25, 0.3) is 0 Å². The number of carbonyl (C=O) groups excluding carboxylic acids is 1. The third-order valence-electron chi connectivity index (χ3n) is 11.3. The van der Waals surface area contributed by atoms with E-state index >= 15 is 0 Å². The van der Waals surface area contributed by atoms with Crippen LogP contribution in [0, 0.1) is 0 Å². The van der Waals surface area contributed by atoms with Crippen LogP contribution < -0.4 is 0 Å². The quantitative estimate of drug-likeness (QED) is 0.0269. The monoisotopic (exact) mass is 849 g/mol. The first-order valence-corrected chi connectivity index (χ1v) is 24.7. The molecule has 1 aliphatic rings. The summed E-state index contributed by atoms with van der Waals surface area (Å²) >= 11 is 0. The van der Waals surface area contributed by atoms with Crippen LogP contribution in [-0.4, -0.2) is 89.6 Å². The zero-order valence-corrected chi connectivity index (χ0v) is 38.5. The van der Waals surface area contributed by atoms with Crippen LogP contribution in [0.15, 0.2) is 48.6 Å². The van der Waals surface area contributed by atoms with Crippen LogP contribution in [0.1, 0.15) is 206 Å². The topological polar surface area (TPSA) is 135 Å². The fourth-order valence-corrected chi connectivity index (χ4v) is 7.43. The van der Waals surface area contributed by atoms with Crippen molar-refractivity contribution in [1.29, 1.82) is 0 Å². The van der Waals surface area contributed by atoms with E-state index in [1.165, 1.54) is 116 Å². The van der Waals surface area contributed by atoms with Crippen LogP contribution in [0.4, 0.5) is 0 Å². The summed E-state index contributed by atoms with van der Waals surface area (Å²) in [6.07, 6.45) is 45.6. The predicted molar refractivity (Wildman–Crippen MR) is 247 cm³/mol. The highest BCUT2D eigenvalue weighted by atomic mass is 16.7. The van der Waals surface area contributed by atoms with Gasteiger partial charge in [0.2, 0.25) is 0 Å². The summed E-state index contributed by atoms with van der Waals surface area (Å²) < 4.78 is 22.9. The van der Waals surface area contributed by atoms with Crippen molar-refractivity contribution >= 4 is 5.97 Å². The van der Waals surface area contributed by atoms with E-state index in [0.29, 0.717) is 13.0 Å². The molecule has 60 heavy (non-hydrogen) atoms. The minimum atomic E-state index is -1.54. The number of aliphatic hydroxyl groups excluding tert-OH is 4. The Hall–Kier alpha value is -1.85. The Labute approximate surface area is 367 Å². The van der Waals surface area contributed by atoms with Gasteiger partial charge in [-0.3, -0.25) is 4.79 Å². The summed E-state index contributed by atoms with van der Waals surface area (Å²) in [6, 6.07) is 0. The van der Waals surface area contributed by atoms with Gasteiger partial charge in [0.15, 0.2) is 6.29 Å². The van der Waals surface area contributed by atoms with Gasteiger partial charge in [-0.1, -0.05) is 197 Å². The number of esters is 1. The standard InChI is InChI=1S/C51H92O9/c1-3-5-7-9-11-13-15-17-19-21-23-24-26-28-30-32-34-36-38-40-47(53)59-45(44-58-51-50(56)49(55)48(54)46(42-52)60-51)43-57-41-39-37-35-33-31-29-27-25-22-20-18-16-14-12-10-8-6-4-2/h5,7,11,13,17,19,23-24,45-46,48-52,54-56H,3-4,6,8-10,12,14-16,18,20-22,25-44H2,1-2H3/b7-5-,13-11-,19-17-,24-23-. The van der Waals surface area contributed by atoms with E-state index in [9.17, 15) is 25.2 Å². The highest BCUT2D eigenvalue weighted by Crippen LogP contribution is 2.23. The number of unbranched alkanes of at least 4 members (excludes halogenated alkanes) is 23. The van der Waals surface area contributed by atoms with Crippen molar-refractivity contribution in [3.8, 4) is 0 Å². The zero-order valence-electron chi connectivity index (χ0n) is 38.5. The Morgan fingerprint density at radius 2 is 1.02 bits per heavy atom. The Balaban J connectivity index is 2.23. The van der Waals surface area contributed by atoms with Crippen molar-refractivity contribution in [2.45, 2.75) is 243 Å². The Morgan fingerprint density at radius 3 is 1.53 bits per heavy atom. The molecule has 0 amide bonds. The number of allylic oxidation sites excluding steroid dienone is 8. The Morgan fingerprint density at radius 1 is 0.550 bits per heavy atom. The van der Waals surface area contributed by atoms with Crippen LogP contribution in [0.2, 0.25) is 0 Å². The molecule has 6 unspecified atom stereocenters. The molecule has 9 nitrogen and oxygen atoms in total. The van der Waals surface area contributed by atoms with Gasteiger partial charge < -0.3 is 39.4 Å². The predicted octanol–water partition coefficient (Wildman–Crippen LogP) is 11.7. The molecular formula is C51H92O9. The molecule has 1 aliphatic heterocycles. The summed E-state index contributed by atoms with van der Waals surface area (Å²) in [5, 5.41) is 40.2. The summed E-state index contributed by atoms with van der Waals surface area (Å²) in [6.45, 7) is 4.45. The highest BCUT2D eigenvalue weighted by molar-refractivity contribution is 5.69. The van der Waals surface area contributed by atoms with Gasteiger partial charge in [0, 0.05) is 13.0 Å². The number of ether oxygens (including phenoxy) is 4. The number of aliphatic hydroxyl groups is 4. The Bertz CT molecular complexity index is 1060. The number of hydrogen-bond donors (Lipinski definition) is 4. The van der Waals surface area contributed by atoms with Crippen LogP contribution in [0.5, 0.6) is 0 Å². The van der Waals surface area contributed by atoms with Crippen LogP contribution >= 0.6 is 0 Å². The van der Waals surface area contributed by atoms with E-state index in [1.54, 1.807) is 0 Å². The fraction of sp³-hybridized carbons (Fsp3) is 0.824. The molecule has 4 N–H and O–H groups in total. The molecule has 0 aromatic heterocycles. The van der Waals surface area contributed by atoms with Gasteiger partial charge in [0.1, 0.15) is 30.5 Å². The maximum Gasteiger partial charge on any atom is 0.306 e. The highest BCUT2D eigenvalue weighted by Gasteiger charge is 2.44. The first-order chi connectivity index (χ1) is 29.4. The van der Waals surface area contributed by atoms with Crippen molar-refractivity contribution in [2.75, 3.05) is 26.4 Å². The number of hydrogen-bond acceptors (Lipinski definition) is 9. The van der Waals surface area contributed by atoms with E-state index in [1.807, 2.05) is 0 Å². The van der Waals surface area contributed by atoms with Crippen molar-refractivity contribution < 1.29 is 44.2 Å². The molecular weight excluding hydrogens is 757 g/mol. The van der Waals surface area contributed by atoms with Crippen LogP contribution in [0.3, 0.4) is 0 Å². The average molecular weight is 849 g/mol. The van der Waals surface area contributed by atoms with E-state index in [-0.39, 0.29) is 19.2 Å². The Kier molecular flexibility index (Phi) is 39.7.